The topological polar surface area (TPSA) is 61.6 Å². The van der Waals surface area contributed by atoms with Gasteiger partial charge in [-0.05, 0) is 6.07 Å². The molecule has 0 atom stereocenters. The number of hydrogen-bond acceptors (Lipinski definition) is 4. The van der Waals surface area contributed by atoms with Crippen LogP contribution in [0, 0.1) is 10.1 Å². The summed E-state index contributed by atoms with van der Waals surface area (Å²) in [6.45, 7) is 11.3. The SMILES string of the molecule is C=COC(=C)c1ccc([N+](=O)[O-])cc1OC.CCC. The quantitative estimate of drug-likeness (QED) is 0.456. The molecule has 0 spiro atoms. The maximum Gasteiger partial charge on any atom is 0.273 e. The Labute approximate surface area is 113 Å². The Morgan fingerprint density at radius 3 is 2.47 bits per heavy atom. The average molecular weight is 265 g/mol. The van der Waals surface area contributed by atoms with Gasteiger partial charge in [0.25, 0.3) is 5.69 Å². The van der Waals surface area contributed by atoms with Gasteiger partial charge in [-0.1, -0.05) is 33.4 Å². The second-order valence-electron chi connectivity index (χ2n) is 3.56. The fourth-order valence-corrected chi connectivity index (χ4v) is 1.19. The molecule has 104 valence electrons. The molecule has 0 saturated heterocycles. The zero-order valence-corrected chi connectivity index (χ0v) is 11.5. The lowest BCUT2D eigenvalue weighted by Crippen LogP contribution is -1.95. The smallest absolute Gasteiger partial charge is 0.273 e. The molecule has 0 aliphatic carbocycles. The summed E-state index contributed by atoms with van der Waals surface area (Å²) in [5.74, 6) is 0.655. The third-order valence-electron chi connectivity index (χ3n) is 1.92. The van der Waals surface area contributed by atoms with Gasteiger partial charge in [0.2, 0.25) is 0 Å². The van der Waals surface area contributed by atoms with Crippen LogP contribution in [-0.4, -0.2) is 12.0 Å². The number of non-ortho nitro benzene ring substituents is 1. The van der Waals surface area contributed by atoms with Crippen molar-refractivity contribution in [1.29, 1.82) is 0 Å². The Morgan fingerprint density at radius 2 is 2.05 bits per heavy atom. The van der Waals surface area contributed by atoms with Crippen molar-refractivity contribution in [3.63, 3.8) is 0 Å². The van der Waals surface area contributed by atoms with Crippen molar-refractivity contribution in [3.8, 4) is 5.75 Å². The molecule has 0 saturated carbocycles. The highest BCUT2D eigenvalue weighted by Crippen LogP contribution is 2.29. The first kappa shape index (κ1) is 16.7. The van der Waals surface area contributed by atoms with E-state index >= 15 is 0 Å². The number of rotatable bonds is 5. The molecule has 0 aliphatic rings. The van der Waals surface area contributed by atoms with E-state index in [1.807, 2.05) is 0 Å². The summed E-state index contributed by atoms with van der Waals surface area (Å²) >= 11 is 0. The Kier molecular flexibility index (Phi) is 7.68. The van der Waals surface area contributed by atoms with Crippen LogP contribution in [0.5, 0.6) is 5.75 Å². The van der Waals surface area contributed by atoms with Crippen LogP contribution < -0.4 is 4.74 Å². The van der Waals surface area contributed by atoms with Crippen molar-refractivity contribution in [3.05, 3.63) is 53.3 Å². The fraction of sp³-hybridized carbons (Fsp3) is 0.286. The molecule has 0 fully saturated rings. The summed E-state index contributed by atoms with van der Waals surface area (Å²) in [4.78, 5) is 10.1. The van der Waals surface area contributed by atoms with E-state index in [1.54, 1.807) is 0 Å². The zero-order chi connectivity index (χ0) is 14.8. The largest absolute Gasteiger partial charge is 0.496 e. The third-order valence-corrected chi connectivity index (χ3v) is 1.92. The van der Waals surface area contributed by atoms with Gasteiger partial charge < -0.3 is 9.47 Å². The monoisotopic (exact) mass is 265 g/mol. The van der Waals surface area contributed by atoms with Crippen molar-refractivity contribution >= 4 is 11.4 Å². The van der Waals surface area contributed by atoms with E-state index in [9.17, 15) is 10.1 Å². The van der Waals surface area contributed by atoms with Gasteiger partial charge in [0.1, 0.15) is 11.5 Å². The maximum atomic E-state index is 10.6. The predicted molar refractivity (Wildman–Crippen MR) is 75.9 cm³/mol. The second-order valence-corrected chi connectivity index (χ2v) is 3.56. The minimum Gasteiger partial charge on any atom is -0.496 e. The van der Waals surface area contributed by atoms with Crippen LogP contribution >= 0.6 is 0 Å². The van der Waals surface area contributed by atoms with Gasteiger partial charge in [-0.3, -0.25) is 10.1 Å². The molecule has 0 amide bonds. The Balaban J connectivity index is 0.000000982. The molecule has 19 heavy (non-hydrogen) atoms. The Bertz CT molecular complexity index is 455. The van der Waals surface area contributed by atoms with Crippen molar-refractivity contribution in [2.45, 2.75) is 20.3 Å². The standard InChI is InChI=1S/C11H11NO4.C3H8/c1-4-16-8(2)10-6-5-9(12(13)14)7-11(10)15-3;1-3-2/h4-7H,1-2H2,3H3;3H2,1-2H3. The number of ether oxygens (including phenoxy) is 2. The van der Waals surface area contributed by atoms with Crippen molar-refractivity contribution < 1.29 is 14.4 Å². The molecule has 0 bridgehead atoms. The lowest BCUT2D eigenvalue weighted by molar-refractivity contribution is -0.384. The van der Waals surface area contributed by atoms with Gasteiger partial charge in [0, 0.05) is 6.07 Å². The van der Waals surface area contributed by atoms with Crippen molar-refractivity contribution in [2.24, 2.45) is 0 Å². The van der Waals surface area contributed by atoms with Gasteiger partial charge in [-0.15, -0.1) is 0 Å². The molecular weight excluding hydrogens is 246 g/mol. The van der Waals surface area contributed by atoms with E-state index in [-0.39, 0.29) is 5.69 Å². The van der Waals surface area contributed by atoms with Gasteiger partial charge in [-0.2, -0.15) is 0 Å². The molecule has 5 nitrogen and oxygen atoms in total. The number of nitrogens with zero attached hydrogens (tertiary/aromatic N) is 1. The zero-order valence-electron chi connectivity index (χ0n) is 11.5. The molecule has 0 aromatic heterocycles. The van der Waals surface area contributed by atoms with Crippen LogP contribution in [0.25, 0.3) is 5.76 Å². The normalized spacial score (nSPS) is 8.79. The summed E-state index contributed by atoms with van der Waals surface area (Å²) in [7, 11) is 1.42. The lowest BCUT2D eigenvalue weighted by Gasteiger charge is -2.09. The van der Waals surface area contributed by atoms with Crippen molar-refractivity contribution in [1.82, 2.24) is 0 Å². The molecular formula is C14H19NO4. The first-order chi connectivity index (χ1) is 9.01. The molecule has 0 heterocycles. The molecule has 1 aromatic rings. The first-order valence-electron chi connectivity index (χ1n) is 5.81. The highest BCUT2D eigenvalue weighted by atomic mass is 16.6. The Hall–Kier alpha value is -2.30. The minimum atomic E-state index is -0.497. The van der Waals surface area contributed by atoms with Crippen LogP contribution in [0.1, 0.15) is 25.8 Å². The predicted octanol–water partition coefficient (Wildman–Crippen LogP) is 4.15. The summed E-state index contributed by atoms with van der Waals surface area (Å²) in [5.41, 5.74) is 0.500. The van der Waals surface area contributed by atoms with Crippen molar-refractivity contribution in [2.75, 3.05) is 7.11 Å². The van der Waals surface area contributed by atoms with Gasteiger partial charge in [0.05, 0.1) is 29.9 Å². The summed E-state index contributed by atoms with van der Waals surface area (Å²) < 4.78 is 10.0. The first-order valence-corrected chi connectivity index (χ1v) is 5.81. The van der Waals surface area contributed by atoms with E-state index < -0.39 is 4.92 Å². The summed E-state index contributed by atoms with van der Waals surface area (Å²) in [6.07, 6.45) is 2.48. The number of benzene rings is 1. The van der Waals surface area contributed by atoms with E-state index in [0.717, 1.165) is 0 Å². The van der Waals surface area contributed by atoms with E-state index in [1.165, 1.54) is 38.0 Å². The number of nitro benzene ring substituents is 1. The maximum absolute atomic E-state index is 10.6. The van der Waals surface area contributed by atoms with Crippen LogP contribution in [0.4, 0.5) is 5.69 Å². The van der Waals surface area contributed by atoms with E-state index in [4.69, 9.17) is 9.47 Å². The van der Waals surface area contributed by atoms with Gasteiger partial charge in [0.15, 0.2) is 0 Å². The van der Waals surface area contributed by atoms with E-state index in [0.29, 0.717) is 17.1 Å². The number of nitro groups is 1. The molecule has 0 radical (unpaired) electrons. The summed E-state index contributed by atoms with van der Waals surface area (Å²) in [6, 6.07) is 4.19. The molecule has 0 aliphatic heterocycles. The lowest BCUT2D eigenvalue weighted by atomic mass is 10.1. The molecule has 1 rings (SSSR count). The molecule has 0 unspecified atom stereocenters. The third kappa shape index (κ3) is 5.25. The molecule has 0 N–H and O–H groups in total. The minimum absolute atomic E-state index is 0.0491. The average Bonchev–Trinajstić information content (AvgIpc) is 2.39. The number of hydrogen-bond donors (Lipinski definition) is 0. The van der Waals surface area contributed by atoms with Crippen LogP contribution in [-0.2, 0) is 4.74 Å². The number of methoxy groups -OCH3 is 1. The van der Waals surface area contributed by atoms with Crippen LogP contribution in [0.3, 0.4) is 0 Å². The molecule has 5 heteroatoms. The van der Waals surface area contributed by atoms with Crippen LogP contribution in [0.2, 0.25) is 0 Å². The highest BCUT2D eigenvalue weighted by molar-refractivity contribution is 5.66. The van der Waals surface area contributed by atoms with Gasteiger partial charge in [-0.25, -0.2) is 0 Å². The second kappa shape index (κ2) is 8.74. The Morgan fingerprint density at radius 1 is 1.47 bits per heavy atom. The highest BCUT2D eigenvalue weighted by Gasteiger charge is 2.13. The van der Waals surface area contributed by atoms with Gasteiger partial charge >= 0.3 is 0 Å². The molecule has 1 aromatic carbocycles. The fourth-order valence-electron chi connectivity index (χ4n) is 1.19. The van der Waals surface area contributed by atoms with Crippen LogP contribution in [0.15, 0.2) is 37.6 Å². The van der Waals surface area contributed by atoms with E-state index in [2.05, 4.69) is 27.0 Å². The summed E-state index contributed by atoms with van der Waals surface area (Å²) in [5, 5.41) is 10.6.